The molecule has 0 fully saturated rings. The number of hydrogen-bond donors (Lipinski definition) is 1. The first-order chi connectivity index (χ1) is 10.0. The Hall–Kier alpha value is -0.900. The molecule has 1 unspecified atom stereocenters. The Morgan fingerprint density at radius 1 is 1.19 bits per heavy atom. The van der Waals surface area contributed by atoms with Crippen LogP contribution < -0.4 is 5.32 Å². The van der Waals surface area contributed by atoms with E-state index in [9.17, 15) is 0 Å². The Bertz CT molecular complexity index is 548. The highest BCUT2D eigenvalue weighted by atomic mass is 35.5. The van der Waals surface area contributed by atoms with Gasteiger partial charge in [0.1, 0.15) is 0 Å². The number of aromatic nitrogens is 1. The summed E-state index contributed by atoms with van der Waals surface area (Å²) in [6, 6.07) is 8.20. The number of thiazole rings is 1. The molecule has 1 N–H and O–H groups in total. The third kappa shape index (κ3) is 5.42. The molecule has 21 heavy (non-hydrogen) atoms. The summed E-state index contributed by atoms with van der Waals surface area (Å²) in [6.07, 6.45) is 0.969. The van der Waals surface area contributed by atoms with E-state index in [4.69, 9.17) is 11.6 Å². The van der Waals surface area contributed by atoms with Crippen LogP contribution in [0.5, 0.6) is 0 Å². The molecule has 1 aromatic heterocycles. The number of rotatable bonds is 7. The van der Waals surface area contributed by atoms with E-state index in [1.165, 1.54) is 11.3 Å². The molecule has 2 rings (SSSR count). The molecular formula is C17H23ClN2S. The average Bonchev–Trinajstić information content (AvgIpc) is 2.84. The summed E-state index contributed by atoms with van der Waals surface area (Å²) >= 11 is 7.72. The zero-order valence-corrected chi connectivity index (χ0v) is 14.5. The van der Waals surface area contributed by atoms with Crippen molar-refractivity contribution in [2.24, 2.45) is 5.92 Å². The first-order valence-electron chi connectivity index (χ1n) is 7.41. The van der Waals surface area contributed by atoms with Gasteiger partial charge in [0, 0.05) is 22.9 Å². The Morgan fingerprint density at radius 3 is 2.48 bits per heavy atom. The minimum Gasteiger partial charge on any atom is -0.316 e. The highest BCUT2D eigenvalue weighted by Crippen LogP contribution is 2.23. The molecule has 0 aliphatic heterocycles. The maximum Gasteiger partial charge on any atom is 0.0897 e. The lowest BCUT2D eigenvalue weighted by Crippen LogP contribution is -2.26. The van der Waals surface area contributed by atoms with Crippen molar-refractivity contribution < 1.29 is 0 Å². The second-order valence-corrected chi connectivity index (χ2v) is 7.36. The van der Waals surface area contributed by atoms with E-state index in [0.717, 1.165) is 29.5 Å². The van der Waals surface area contributed by atoms with Crippen LogP contribution in [0.3, 0.4) is 0 Å². The molecule has 4 heteroatoms. The summed E-state index contributed by atoms with van der Waals surface area (Å²) in [5.41, 5.74) is 2.50. The van der Waals surface area contributed by atoms with Gasteiger partial charge >= 0.3 is 0 Å². The van der Waals surface area contributed by atoms with Gasteiger partial charge in [0.15, 0.2) is 0 Å². The van der Waals surface area contributed by atoms with Gasteiger partial charge in [0.2, 0.25) is 0 Å². The quantitative estimate of drug-likeness (QED) is 0.800. The molecule has 0 saturated carbocycles. The monoisotopic (exact) mass is 322 g/mol. The summed E-state index contributed by atoms with van der Waals surface area (Å²) in [6.45, 7) is 8.53. The standard InChI is InChI=1S/C17H23ClN2S/c1-12(2)9-19-10-15(8-17-11-21-13(3)20-17)14-4-6-16(18)7-5-14/h4-7,11-12,15,19H,8-10H2,1-3H3. The van der Waals surface area contributed by atoms with E-state index in [2.05, 4.69) is 48.6 Å². The minimum atomic E-state index is 0.433. The van der Waals surface area contributed by atoms with Crippen molar-refractivity contribution in [3.05, 3.63) is 50.9 Å². The molecule has 1 aromatic carbocycles. The van der Waals surface area contributed by atoms with Gasteiger partial charge in [-0.25, -0.2) is 4.98 Å². The van der Waals surface area contributed by atoms with Crippen molar-refractivity contribution in [1.29, 1.82) is 0 Å². The van der Waals surface area contributed by atoms with Gasteiger partial charge in [-0.05, 0) is 43.5 Å². The molecule has 0 radical (unpaired) electrons. The number of nitrogens with zero attached hydrogens (tertiary/aromatic N) is 1. The van der Waals surface area contributed by atoms with Crippen LogP contribution in [0.2, 0.25) is 5.02 Å². The van der Waals surface area contributed by atoms with Gasteiger partial charge in [-0.2, -0.15) is 0 Å². The molecule has 0 aliphatic rings. The fraction of sp³-hybridized carbons (Fsp3) is 0.471. The topological polar surface area (TPSA) is 24.9 Å². The number of halogens is 1. The predicted molar refractivity (Wildman–Crippen MR) is 92.5 cm³/mol. The van der Waals surface area contributed by atoms with Gasteiger partial charge < -0.3 is 5.32 Å². The molecule has 114 valence electrons. The molecule has 2 nitrogen and oxygen atoms in total. The lowest BCUT2D eigenvalue weighted by molar-refractivity contribution is 0.512. The van der Waals surface area contributed by atoms with Crippen LogP contribution in [0.1, 0.15) is 36.0 Å². The molecule has 2 aromatic rings. The summed E-state index contributed by atoms with van der Waals surface area (Å²) < 4.78 is 0. The zero-order valence-electron chi connectivity index (χ0n) is 12.9. The Labute approximate surface area is 136 Å². The minimum absolute atomic E-state index is 0.433. The van der Waals surface area contributed by atoms with Crippen LogP contribution in [0.25, 0.3) is 0 Å². The number of hydrogen-bond acceptors (Lipinski definition) is 3. The van der Waals surface area contributed by atoms with Crippen LogP contribution in [-0.2, 0) is 6.42 Å². The van der Waals surface area contributed by atoms with Gasteiger partial charge in [-0.1, -0.05) is 37.6 Å². The average molecular weight is 323 g/mol. The number of nitrogens with one attached hydrogen (secondary N) is 1. The van der Waals surface area contributed by atoms with Crippen LogP contribution in [-0.4, -0.2) is 18.1 Å². The van der Waals surface area contributed by atoms with Gasteiger partial charge in [0.25, 0.3) is 0 Å². The Kier molecular flexibility index (Phi) is 6.22. The Morgan fingerprint density at radius 2 is 1.90 bits per heavy atom. The van der Waals surface area contributed by atoms with E-state index in [-0.39, 0.29) is 0 Å². The SMILES string of the molecule is Cc1nc(CC(CNCC(C)C)c2ccc(Cl)cc2)cs1. The van der Waals surface area contributed by atoms with Crippen molar-refractivity contribution in [3.8, 4) is 0 Å². The summed E-state index contributed by atoms with van der Waals surface area (Å²) in [5, 5.41) is 7.66. The number of benzene rings is 1. The first kappa shape index (κ1) is 16.5. The molecule has 1 heterocycles. The van der Waals surface area contributed by atoms with Crippen LogP contribution in [0.4, 0.5) is 0 Å². The lowest BCUT2D eigenvalue weighted by Gasteiger charge is -2.18. The van der Waals surface area contributed by atoms with Crippen molar-refractivity contribution in [2.75, 3.05) is 13.1 Å². The van der Waals surface area contributed by atoms with E-state index >= 15 is 0 Å². The molecule has 0 amide bonds. The first-order valence-corrected chi connectivity index (χ1v) is 8.67. The molecule has 0 spiro atoms. The van der Waals surface area contributed by atoms with Crippen molar-refractivity contribution in [3.63, 3.8) is 0 Å². The second kappa shape index (κ2) is 7.92. The highest BCUT2D eigenvalue weighted by Gasteiger charge is 2.14. The molecule has 0 bridgehead atoms. The maximum atomic E-state index is 6.00. The van der Waals surface area contributed by atoms with Crippen LogP contribution >= 0.6 is 22.9 Å². The normalized spacial score (nSPS) is 12.8. The summed E-state index contributed by atoms with van der Waals surface area (Å²) in [7, 11) is 0. The van der Waals surface area contributed by atoms with Crippen molar-refractivity contribution in [1.82, 2.24) is 10.3 Å². The van der Waals surface area contributed by atoms with E-state index in [0.29, 0.717) is 11.8 Å². The van der Waals surface area contributed by atoms with E-state index in [1.54, 1.807) is 11.3 Å². The zero-order chi connectivity index (χ0) is 15.2. The number of aryl methyl sites for hydroxylation is 1. The summed E-state index contributed by atoms with van der Waals surface area (Å²) in [4.78, 5) is 4.60. The molecule has 0 aliphatic carbocycles. The third-order valence-electron chi connectivity index (χ3n) is 3.41. The Balaban J connectivity index is 2.07. The third-order valence-corrected chi connectivity index (χ3v) is 4.48. The molecular weight excluding hydrogens is 300 g/mol. The highest BCUT2D eigenvalue weighted by molar-refractivity contribution is 7.09. The maximum absolute atomic E-state index is 6.00. The lowest BCUT2D eigenvalue weighted by atomic mass is 9.94. The summed E-state index contributed by atoms with van der Waals surface area (Å²) in [5.74, 6) is 1.10. The van der Waals surface area contributed by atoms with Gasteiger partial charge in [-0.15, -0.1) is 11.3 Å². The predicted octanol–water partition coefficient (Wildman–Crippen LogP) is 4.68. The molecule has 0 saturated heterocycles. The van der Waals surface area contributed by atoms with Crippen molar-refractivity contribution >= 4 is 22.9 Å². The fourth-order valence-corrected chi connectivity index (χ4v) is 3.09. The van der Waals surface area contributed by atoms with Gasteiger partial charge in [0.05, 0.1) is 10.7 Å². The smallest absolute Gasteiger partial charge is 0.0897 e. The largest absolute Gasteiger partial charge is 0.316 e. The van der Waals surface area contributed by atoms with E-state index < -0.39 is 0 Å². The van der Waals surface area contributed by atoms with E-state index in [1.807, 2.05) is 12.1 Å². The molecule has 1 atom stereocenters. The second-order valence-electron chi connectivity index (χ2n) is 5.86. The van der Waals surface area contributed by atoms with Crippen LogP contribution in [0, 0.1) is 12.8 Å². The van der Waals surface area contributed by atoms with Gasteiger partial charge in [-0.3, -0.25) is 0 Å². The van der Waals surface area contributed by atoms with Crippen molar-refractivity contribution in [2.45, 2.75) is 33.1 Å². The fourth-order valence-electron chi connectivity index (χ4n) is 2.34. The van der Waals surface area contributed by atoms with Crippen LogP contribution in [0.15, 0.2) is 29.6 Å².